The molecule has 0 fully saturated rings. The summed E-state index contributed by atoms with van der Waals surface area (Å²) < 4.78 is 0.936. The van der Waals surface area contributed by atoms with Gasteiger partial charge in [0.05, 0.1) is 16.9 Å². The third-order valence-electron chi connectivity index (χ3n) is 2.42. The summed E-state index contributed by atoms with van der Waals surface area (Å²) in [5.74, 6) is 0.0117. The first kappa shape index (κ1) is 11.1. The number of para-hydroxylation sites is 1. The molecular formula is C12H11BrN2O. The quantitative estimate of drug-likeness (QED) is 0.855. The lowest BCUT2D eigenvalue weighted by Gasteiger charge is -2.10. The molecule has 0 spiro atoms. The molecule has 1 heterocycles. The van der Waals surface area contributed by atoms with E-state index >= 15 is 0 Å². The predicted molar refractivity (Wildman–Crippen MR) is 69.3 cm³/mol. The van der Waals surface area contributed by atoms with E-state index in [0.717, 1.165) is 21.5 Å². The maximum Gasteiger partial charge on any atom is 0.163 e. The van der Waals surface area contributed by atoms with Crippen molar-refractivity contribution in [1.29, 1.82) is 0 Å². The van der Waals surface area contributed by atoms with Gasteiger partial charge in [0.1, 0.15) is 0 Å². The van der Waals surface area contributed by atoms with E-state index in [1.54, 1.807) is 6.21 Å². The topological polar surface area (TPSA) is 41.5 Å². The second-order valence-electron chi connectivity index (χ2n) is 3.61. The van der Waals surface area contributed by atoms with Crippen molar-refractivity contribution in [2.24, 2.45) is 4.99 Å². The lowest BCUT2D eigenvalue weighted by molar-refractivity contribution is -0.113. The van der Waals surface area contributed by atoms with Gasteiger partial charge in [-0.3, -0.25) is 9.79 Å². The normalized spacial score (nSPS) is 14.2. The van der Waals surface area contributed by atoms with Gasteiger partial charge in [0.2, 0.25) is 0 Å². The highest BCUT2D eigenvalue weighted by atomic mass is 79.9. The molecule has 0 amide bonds. The van der Waals surface area contributed by atoms with Gasteiger partial charge >= 0.3 is 0 Å². The van der Waals surface area contributed by atoms with Gasteiger partial charge in [0.25, 0.3) is 0 Å². The van der Waals surface area contributed by atoms with Gasteiger partial charge in [0.15, 0.2) is 5.78 Å². The number of nitrogens with one attached hydrogen (secondary N) is 1. The first-order chi connectivity index (χ1) is 7.59. The first-order valence-corrected chi connectivity index (χ1v) is 5.70. The van der Waals surface area contributed by atoms with E-state index in [2.05, 4.69) is 26.2 Å². The van der Waals surface area contributed by atoms with Gasteiger partial charge < -0.3 is 5.32 Å². The molecule has 1 aliphatic heterocycles. The molecule has 16 heavy (non-hydrogen) atoms. The number of Topliss-reactive ketones (excluding diaryl/α,β-unsaturated/α-hetero) is 1. The number of nitrogens with zero attached hydrogens (tertiary/aromatic N) is 1. The predicted octanol–water partition coefficient (Wildman–Crippen LogP) is 3.44. The van der Waals surface area contributed by atoms with Crippen molar-refractivity contribution in [3.05, 3.63) is 33.9 Å². The van der Waals surface area contributed by atoms with Crippen LogP contribution in [0.15, 0.2) is 38.9 Å². The zero-order valence-corrected chi connectivity index (χ0v) is 10.6. The maximum atomic E-state index is 11.4. The number of hydrogen-bond donors (Lipinski definition) is 1. The van der Waals surface area contributed by atoms with E-state index in [0.29, 0.717) is 5.57 Å². The monoisotopic (exact) mass is 278 g/mol. The average molecular weight is 279 g/mol. The van der Waals surface area contributed by atoms with E-state index in [4.69, 9.17) is 0 Å². The number of ketones is 1. The average Bonchev–Trinajstić information content (AvgIpc) is 2.38. The van der Waals surface area contributed by atoms with Crippen LogP contribution in [0.1, 0.15) is 13.8 Å². The van der Waals surface area contributed by atoms with E-state index in [9.17, 15) is 4.79 Å². The second kappa shape index (κ2) is 4.22. The molecule has 1 aromatic carbocycles. The van der Waals surface area contributed by atoms with Crippen LogP contribution in [0.3, 0.4) is 0 Å². The standard InChI is InChI=1S/C12H11BrN2O/c1-7-9(8(2)16)6-14-11-5-3-4-10(13)12(11)15-7/h3-6,15H,1-2H3. The number of halogens is 1. The third-order valence-corrected chi connectivity index (χ3v) is 3.08. The van der Waals surface area contributed by atoms with Crippen LogP contribution >= 0.6 is 15.9 Å². The molecule has 0 aromatic heterocycles. The fourth-order valence-corrected chi connectivity index (χ4v) is 2.04. The number of hydrogen-bond acceptors (Lipinski definition) is 3. The van der Waals surface area contributed by atoms with Crippen LogP contribution in [0.5, 0.6) is 0 Å². The van der Waals surface area contributed by atoms with Gasteiger partial charge in [-0.2, -0.15) is 0 Å². The largest absolute Gasteiger partial charge is 0.356 e. The Morgan fingerprint density at radius 3 is 2.88 bits per heavy atom. The smallest absolute Gasteiger partial charge is 0.163 e. The summed E-state index contributed by atoms with van der Waals surface area (Å²) in [5.41, 5.74) is 3.16. The molecular weight excluding hydrogens is 268 g/mol. The van der Waals surface area contributed by atoms with E-state index < -0.39 is 0 Å². The van der Waals surface area contributed by atoms with Crippen LogP contribution < -0.4 is 5.32 Å². The first-order valence-electron chi connectivity index (χ1n) is 4.91. The highest BCUT2D eigenvalue weighted by Crippen LogP contribution is 2.35. The molecule has 0 unspecified atom stereocenters. The van der Waals surface area contributed by atoms with Crippen LogP contribution in [-0.4, -0.2) is 12.0 Å². The summed E-state index contributed by atoms with van der Waals surface area (Å²) in [7, 11) is 0. The van der Waals surface area contributed by atoms with Crippen LogP contribution in [0.25, 0.3) is 0 Å². The summed E-state index contributed by atoms with van der Waals surface area (Å²) in [4.78, 5) is 15.7. The number of rotatable bonds is 1. The molecule has 4 heteroatoms. The minimum absolute atomic E-state index is 0.0117. The van der Waals surface area contributed by atoms with Crippen LogP contribution in [0.4, 0.5) is 11.4 Å². The Morgan fingerprint density at radius 1 is 1.44 bits per heavy atom. The lowest BCUT2D eigenvalue weighted by Crippen LogP contribution is -2.06. The molecule has 1 aromatic rings. The Balaban J connectivity index is 2.56. The van der Waals surface area contributed by atoms with Gasteiger partial charge in [-0.05, 0) is 41.9 Å². The number of fused-ring (bicyclic) bond motifs is 1. The highest BCUT2D eigenvalue weighted by molar-refractivity contribution is 9.10. The zero-order valence-electron chi connectivity index (χ0n) is 9.04. The fraction of sp³-hybridized carbons (Fsp3) is 0.167. The Hall–Kier alpha value is -1.42. The number of carbonyl (C=O) groups is 1. The zero-order chi connectivity index (χ0) is 11.7. The second-order valence-corrected chi connectivity index (χ2v) is 4.47. The van der Waals surface area contributed by atoms with Crippen molar-refractivity contribution >= 4 is 39.3 Å². The van der Waals surface area contributed by atoms with Crippen LogP contribution in [0.2, 0.25) is 0 Å². The summed E-state index contributed by atoms with van der Waals surface area (Å²) in [6.07, 6.45) is 1.61. The third kappa shape index (κ3) is 1.93. The fourth-order valence-electron chi connectivity index (χ4n) is 1.58. The van der Waals surface area contributed by atoms with Crippen molar-refractivity contribution < 1.29 is 4.79 Å². The molecule has 82 valence electrons. The van der Waals surface area contributed by atoms with Crippen molar-refractivity contribution in [2.45, 2.75) is 13.8 Å². The van der Waals surface area contributed by atoms with Crippen molar-refractivity contribution in [3.63, 3.8) is 0 Å². The summed E-state index contributed by atoms with van der Waals surface area (Å²) in [6, 6.07) is 5.75. The van der Waals surface area contributed by atoms with Gasteiger partial charge in [-0.1, -0.05) is 6.07 Å². The van der Waals surface area contributed by atoms with E-state index in [1.807, 2.05) is 25.1 Å². The van der Waals surface area contributed by atoms with Crippen molar-refractivity contribution in [3.8, 4) is 0 Å². The number of carbonyl (C=O) groups excluding carboxylic acids is 1. The lowest BCUT2D eigenvalue weighted by atomic mass is 10.1. The molecule has 0 bridgehead atoms. The Morgan fingerprint density at radius 2 is 2.19 bits per heavy atom. The number of anilines is 1. The SMILES string of the molecule is CC(=O)C1=C(C)Nc2c(Br)cccc2N=C1. The Labute approximate surface area is 102 Å². The van der Waals surface area contributed by atoms with Gasteiger partial charge in [-0.15, -0.1) is 0 Å². The Bertz CT molecular complexity index is 518. The van der Waals surface area contributed by atoms with E-state index in [-0.39, 0.29) is 5.78 Å². The van der Waals surface area contributed by atoms with Crippen molar-refractivity contribution in [1.82, 2.24) is 0 Å². The van der Waals surface area contributed by atoms with Gasteiger partial charge in [0, 0.05) is 16.4 Å². The van der Waals surface area contributed by atoms with Crippen molar-refractivity contribution in [2.75, 3.05) is 5.32 Å². The van der Waals surface area contributed by atoms with E-state index in [1.165, 1.54) is 6.92 Å². The van der Waals surface area contributed by atoms with Crippen LogP contribution in [0, 0.1) is 0 Å². The molecule has 0 saturated carbocycles. The van der Waals surface area contributed by atoms with Gasteiger partial charge in [-0.25, -0.2) is 0 Å². The highest BCUT2D eigenvalue weighted by Gasteiger charge is 2.13. The summed E-state index contributed by atoms with van der Waals surface area (Å²) in [6.45, 7) is 3.41. The molecule has 0 aliphatic carbocycles. The molecule has 0 saturated heterocycles. The molecule has 1 aliphatic rings. The molecule has 0 atom stereocenters. The molecule has 0 radical (unpaired) electrons. The number of aliphatic imine (C=N–C) groups is 1. The van der Waals surface area contributed by atoms with Crippen LogP contribution in [-0.2, 0) is 4.79 Å². The summed E-state index contributed by atoms with van der Waals surface area (Å²) in [5, 5.41) is 3.21. The maximum absolute atomic E-state index is 11.4. The minimum Gasteiger partial charge on any atom is -0.356 e. The summed E-state index contributed by atoms with van der Waals surface area (Å²) >= 11 is 3.46. The molecule has 3 nitrogen and oxygen atoms in total. The molecule has 1 N–H and O–H groups in total. The number of allylic oxidation sites excluding steroid dienone is 2. The minimum atomic E-state index is 0.0117. The number of benzene rings is 1. The molecule has 2 rings (SSSR count). The Kier molecular flexibility index (Phi) is 2.92.